The Morgan fingerprint density at radius 2 is 2.10 bits per heavy atom. The van der Waals surface area contributed by atoms with Crippen LogP contribution in [0.4, 0.5) is 0 Å². The van der Waals surface area contributed by atoms with Gasteiger partial charge in [0.25, 0.3) is 0 Å². The molecule has 1 heterocycles. The largest absolute Gasteiger partial charge is 0.490 e. The third-order valence-corrected chi connectivity index (χ3v) is 2.53. The lowest BCUT2D eigenvalue weighted by molar-refractivity contribution is -0.148. The van der Waals surface area contributed by atoms with Crippen molar-refractivity contribution in [1.29, 1.82) is 0 Å². The fraction of sp³-hybridized carbons (Fsp3) is 0.400. The van der Waals surface area contributed by atoms with Gasteiger partial charge >= 0.3 is 5.97 Å². The van der Waals surface area contributed by atoms with Crippen molar-refractivity contribution in [2.75, 3.05) is 7.11 Å². The molecule has 4 nitrogen and oxygen atoms in total. The monoisotopic (exact) mass is 293 g/mol. The van der Waals surface area contributed by atoms with Gasteiger partial charge in [0, 0.05) is 18.0 Å². The number of rotatable bonds is 4. The number of pyridine rings is 1. The van der Waals surface area contributed by atoms with Crippen LogP contribution in [0.1, 0.15) is 32.0 Å². The van der Waals surface area contributed by atoms with E-state index in [9.17, 15) is 4.79 Å². The third-order valence-electron chi connectivity index (χ3n) is 2.22. The van der Waals surface area contributed by atoms with Crippen LogP contribution in [0.2, 0.25) is 0 Å². The standard InChI is InChI=1S/C15H19NO3S/c1-15(2,3)19-13(17)8-6-11-5-7-12(16-10-11)9-14(20)18-4/h5-8,10H,9H2,1-4H3/b8-6+. The van der Waals surface area contributed by atoms with Crippen molar-refractivity contribution in [2.24, 2.45) is 0 Å². The van der Waals surface area contributed by atoms with Crippen LogP contribution in [0.5, 0.6) is 0 Å². The molecule has 0 saturated heterocycles. The SMILES string of the molecule is COC(=S)Cc1ccc(/C=C/C(=O)OC(C)(C)C)cn1. The summed E-state index contributed by atoms with van der Waals surface area (Å²) in [6.45, 7) is 5.48. The number of carbonyl (C=O) groups is 1. The first-order chi connectivity index (χ1) is 9.30. The zero-order valence-corrected chi connectivity index (χ0v) is 13.0. The van der Waals surface area contributed by atoms with E-state index in [1.54, 1.807) is 19.4 Å². The van der Waals surface area contributed by atoms with Crippen molar-refractivity contribution in [3.8, 4) is 0 Å². The molecule has 0 saturated carbocycles. The number of hydrogen-bond donors (Lipinski definition) is 0. The van der Waals surface area contributed by atoms with Gasteiger partial charge in [-0.25, -0.2) is 4.79 Å². The Labute approximate surface area is 124 Å². The highest BCUT2D eigenvalue weighted by Gasteiger charge is 2.13. The smallest absolute Gasteiger partial charge is 0.331 e. The lowest BCUT2D eigenvalue weighted by atomic mass is 10.2. The first-order valence-corrected chi connectivity index (χ1v) is 6.64. The summed E-state index contributed by atoms with van der Waals surface area (Å²) in [6, 6.07) is 3.71. The van der Waals surface area contributed by atoms with Crippen molar-refractivity contribution in [3.05, 3.63) is 35.7 Å². The Bertz CT molecular complexity index is 501. The van der Waals surface area contributed by atoms with Crippen molar-refractivity contribution in [3.63, 3.8) is 0 Å². The van der Waals surface area contributed by atoms with Gasteiger partial charge in [0.15, 0.2) is 5.05 Å². The molecule has 0 N–H and O–H groups in total. The minimum Gasteiger partial charge on any atom is -0.490 e. The van der Waals surface area contributed by atoms with Crippen LogP contribution in [0.15, 0.2) is 24.4 Å². The van der Waals surface area contributed by atoms with E-state index in [1.807, 2.05) is 32.9 Å². The topological polar surface area (TPSA) is 48.4 Å². The van der Waals surface area contributed by atoms with Crippen LogP contribution in [-0.2, 0) is 20.7 Å². The molecule has 0 aliphatic rings. The van der Waals surface area contributed by atoms with Crippen molar-refractivity contribution >= 4 is 29.3 Å². The maximum Gasteiger partial charge on any atom is 0.331 e. The molecule has 0 atom stereocenters. The van der Waals surface area contributed by atoms with E-state index in [0.717, 1.165) is 11.3 Å². The van der Waals surface area contributed by atoms with Crippen molar-refractivity contribution in [2.45, 2.75) is 32.8 Å². The molecule has 0 radical (unpaired) electrons. The molecular formula is C15H19NO3S. The van der Waals surface area contributed by atoms with Gasteiger partial charge in [-0.15, -0.1) is 0 Å². The Morgan fingerprint density at radius 1 is 1.40 bits per heavy atom. The first kappa shape index (κ1) is 16.3. The predicted molar refractivity (Wildman–Crippen MR) is 82.4 cm³/mol. The van der Waals surface area contributed by atoms with Gasteiger partial charge in [0.2, 0.25) is 0 Å². The summed E-state index contributed by atoms with van der Waals surface area (Å²) in [7, 11) is 1.54. The second-order valence-electron chi connectivity index (χ2n) is 5.20. The first-order valence-electron chi connectivity index (χ1n) is 6.23. The molecule has 0 bridgehead atoms. The summed E-state index contributed by atoms with van der Waals surface area (Å²) in [6.07, 6.45) is 5.23. The molecule has 0 spiro atoms. The highest BCUT2D eigenvalue weighted by Crippen LogP contribution is 2.09. The van der Waals surface area contributed by atoms with Crippen LogP contribution in [0.25, 0.3) is 6.08 Å². The van der Waals surface area contributed by atoms with Gasteiger partial charge in [0.05, 0.1) is 13.5 Å². The van der Waals surface area contributed by atoms with E-state index in [2.05, 4.69) is 4.98 Å². The fourth-order valence-electron chi connectivity index (χ4n) is 1.36. The number of nitrogens with zero attached hydrogens (tertiary/aromatic N) is 1. The lowest BCUT2D eigenvalue weighted by Gasteiger charge is -2.17. The van der Waals surface area contributed by atoms with Crippen LogP contribution in [-0.4, -0.2) is 28.7 Å². The maximum absolute atomic E-state index is 11.5. The summed E-state index contributed by atoms with van der Waals surface area (Å²) in [5, 5.41) is 0.495. The molecule has 108 valence electrons. The Morgan fingerprint density at radius 3 is 2.60 bits per heavy atom. The van der Waals surface area contributed by atoms with Crippen LogP contribution < -0.4 is 0 Å². The number of carbonyl (C=O) groups excluding carboxylic acids is 1. The minimum atomic E-state index is -0.487. The lowest BCUT2D eigenvalue weighted by Crippen LogP contribution is -2.22. The maximum atomic E-state index is 11.5. The molecule has 0 amide bonds. The summed E-state index contributed by atoms with van der Waals surface area (Å²) < 4.78 is 10.1. The predicted octanol–water partition coefficient (Wildman–Crippen LogP) is 2.95. The van der Waals surface area contributed by atoms with Crippen LogP contribution in [0, 0.1) is 0 Å². The van der Waals surface area contributed by atoms with E-state index in [1.165, 1.54) is 6.08 Å². The normalized spacial score (nSPS) is 11.4. The van der Waals surface area contributed by atoms with Gasteiger partial charge < -0.3 is 9.47 Å². The van der Waals surface area contributed by atoms with Gasteiger partial charge in [-0.1, -0.05) is 6.07 Å². The fourth-order valence-corrected chi connectivity index (χ4v) is 1.51. The molecule has 1 rings (SSSR count). The van der Waals surface area contributed by atoms with Gasteiger partial charge in [-0.3, -0.25) is 4.98 Å². The molecule has 0 fully saturated rings. The zero-order chi connectivity index (χ0) is 15.2. The number of ether oxygens (including phenoxy) is 2. The quantitative estimate of drug-likeness (QED) is 0.485. The number of esters is 1. The molecule has 0 aliphatic heterocycles. The van der Waals surface area contributed by atoms with Gasteiger partial charge in [0.1, 0.15) is 5.60 Å². The van der Waals surface area contributed by atoms with Crippen molar-refractivity contribution in [1.82, 2.24) is 4.98 Å². The highest BCUT2D eigenvalue weighted by molar-refractivity contribution is 7.80. The highest BCUT2D eigenvalue weighted by atomic mass is 32.1. The average Bonchev–Trinajstić information content (AvgIpc) is 2.36. The number of thiocarbonyl (C=S) groups is 1. The summed E-state index contributed by atoms with van der Waals surface area (Å²) in [5.74, 6) is -0.373. The number of aromatic nitrogens is 1. The molecule has 0 aliphatic carbocycles. The van der Waals surface area contributed by atoms with E-state index in [-0.39, 0.29) is 5.97 Å². The van der Waals surface area contributed by atoms with E-state index in [0.29, 0.717) is 11.5 Å². The zero-order valence-electron chi connectivity index (χ0n) is 12.2. The third kappa shape index (κ3) is 6.43. The van der Waals surface area contributed by atoms with E-state index in [4.69, 9.17) is 21.7 Å². The molecule has 1 aromatic rings. The second-order valence-corrected chi connectivity index (χ2v) is 5.66. The summed E-state index contributed by atoms with van der Waals surface area (Å²) in [5.41, 5.74) is 1.16. The molecule has 1 aromatic heterocycles. The molecule has 20 heavy (non-hydrogen) atoms. The van der Waals surface area contributed by atoms with Crippen LogP contribution >= 0.6 is 12.2 Å². The average molecular weight is 293 g/mol. The Balaban J connectivity index is 2.61. The molecule has 0 unspecified atom stereocenters. The molecule has 0 aromatic carbocycles. The molecular weight excluding hydrogens is 274 g/mol. The Kier molecular flexibility index (Phi) is 5.82. The minimum absolute atomic E-state index is 0.373. The number of hydrogen-bond acceptors (Lipinski definition) is 5. The Hall–Kier alpha value is -1.75. The van der Waals surface area contributed by atoms with Gasteiger partial charge in [-0.2, -0.15) is 0 Å². The number of methoxy groups -OCH3 is 1. The second kappa shape index (κ2) is 7.14. The molecule has 5 heteroatoms. The summed E-state index contributed by atoms with van der Waals surface area (Å²) in [4.78, 5) is 15.8. The van der Waals surface area contributed by atoms with Gasteiger partial charge in [-0.05, 0) is 50.7 Å². The van der Waals surface area contributed by atoms with Crippen molar-refractivity contribution < 1.29 is 14.3 Å². The van der Waals surface area contributed by atoms with E-state index < -0.39 is 5.60 Å². The summed E-state index contributed by atoms with van der Waals surface area (Å²) >= 11 is 4.97. The van der Waals surface area contributed by atoms with E-state index >= 15 is 0 Å². The van der Waals surface area contributed by atoms with Crippen LogP contribution in [0.3, 0.4) is 0 Å².